The van der Waals surface area contributed by atoms with Gasteiger partial charge in [0.2, 0.25) is 0 Å². The predicted molar refractivity (Wildman–Crippen MR) is 143 cm³/mol. The number of hydrogen-bond donors (Lipinski definition) is 1. The van der Waals surface area contributed by atoms with Gasteiger partial charge in [-0.3, -0.25) is 4.99 Å². The quantitative estimate of drug-likeness (QED) is 0.263. The van der Waals surface area contributed by atoms with E-state index in [4.69, 9.17) is 33.2 Å². The molecule has 0 unspecified atom stereocenters. The van der Waals surface area contributed by atoms with Gasteiger partial charge in [0.05, 0.1) is 39.0 Å². The number of hydrogen-bond acceptors (Lipinski definition) is 3. The molecule has 0 atom stereocenters. The first-order valence-electron chi connectivity index (χ1n) is 11.1. The Kier molecular flexibility index (Phi) is 5.80. The lowest BCUT2D eigenvalue weighted by Gasteiger charge is -2.21. The molecule has 0 fully saturated rings. The van der Waals surface area contributed by atoms with Crippen LogP contribution in [0.2, 0.25) is 10.0 Å². The average Bonchev–Trinajstić information content (AvgIpc) is 2.79. The normalized spacial score (nSPS) is 12.4. The molecule has 34 heavy (non-hydrogen) atoms. The molecule has 0 amide bonds. The molecule has 6 heteroatoms. The van der Waals surface area contributed by atoms with Gasteiger partial charge in [0.15, 0.2) is 0 Å². The van der Waals surface area contributed by atoms with Crippen LogP contribution in [0.1, 0.15) is 20.8 Å². The van der Waals surface area contributed by atoms with Gasteiger partial charge >= 0.3 is 0 Å². The third-order valence-corrected chi connectivity index (χ3v) is 5.87. The Labute approximate surface area is 208 Å². The number of anilines is 2. The van der Waals surface area contributed by atoms with Gasteiger partial charge in [-0.05, 0) is 93.6 Å². The van der Waals surface area contributed by atoms with E-state index < -0.39 is 0 Å². The molecule has 0 bridgehead atoms. The average molecular weight is 487 g/mol. The van der Waals surface area contributed by atoms with Crippen LogP contribution in [0.25, 0.3) is 28.1 Å². The molecular formula is C28H24Cl2N4. The van der Waals surface area contributed by atoms with E-state index >= 15 is 0 Å². The van der Waals surface area contributed by atoms with E-state index in [1.165, 1.54) is 0 Å². The number of fused-ring (bicyclic) bond motifs is 2. The Balaban J connectivity index is 1.82. The second-order valence-electron chi connectivity index (χ2n) is 9.18. The van der Waals surface area contributed by atoms with Gasteiger partial charge in [0.1, 0.15) is 0 Å². The number of benzene rings is 4. The first-order chi connectivity index (χ1) is 16.3. The second-order valence-corrected chi connectivity index (χ2v) is 10.1. The first-order valence-corrected chi connectivity index (χ1v) is 11.8. The van der Waals surface area contributed by atoms with Crippen molar-refractivity contribution < 1.29 is 0 Å². The monoisotopic (exact) mass is 486 g/mol. The molecule has 3 aromatic carbocycles. The molecule has 1 aliphatic carbocycles. The van der Waals surface area contributed by atoms with Crippen molar-refractivity contribution in [3.05, 3.63) is 100 Å². The molecule has 1 aliphatic heterocycles. The summed E-state index contributed by atoms with van der Waals surface area (Å²) in [6.07, 6.45) is 0. The third-order valence-electron chi connectivity index (χ3n) is 5.36. The topological polar surface area (TPSA) is 42.2 Å². The van der Waals surface area contributed by atoms with Crippen LogP contribution in [-0.2, 0) is 0 Å². The summed E-state index contributed by atoms with van der Waals surface area (Å²) >= 11 is 12.3. The van der Waals surface area contributed by atoms with Gasteiger partial charge in [-0.2, -0.15) is 0 Å². The Bertz CT molecular complexity index is 1510. The Morgan fingerprint density at radius 3 is 2.15 bits per heavy atom. The summed E-state index contributed by atoms with van der Waals surface area (Å²) in [5.74, 6) is 0. The van der Waals surface area contributed by atoms with E-state index in [0.29, 0.717) is 10.0 Å². The van der Waals surface area contributed by atoms with E-state index in [-0.39, 0.29) is 5.54 Å². The van der Waals surface area contributed by atoms with Crippen molar-refractivity contribution in [2.45, 2.75) is 26.3 Å². The van der Waals surface area contributed by atoms with E-state index in [2.05, 4.69) is 48.9 Å². The SMILES string of the molecule is CC(C)(C)N=c1cc2n(-c3ccc(Cl)cc3)c3ccccc3nc-2cc1Nc1ccc(Cl)cc1. The number of nitrogens with zero attached hydrogens (tertiary/aromatic N) is 3. The largest absolute Gasteiger partial charge is 0.354 e. The van der Waals surface area contributed by atoms with Crippen LogP contribution in [0, 0.1) is 0 Å². The fourth-order valence-electron chi connectivity index (χ4n) is 3.95. The lowest BCUT2D eigenvalue weighted by Crippen LogP contribution is -2.21. The number of aromatic nitrogens is 2. The summed E-state index contributed by atoms with van der Waals surface area (Å²) in [4.78, 5) is 10.0. The third kappa shape index (κ3) is 4.65. The zero-order valence-electron chi connectivity index (χ0n) is 19.2. The van der Waals surface area contributed by atoms with Crippen molar-refractivity contribution in [2.75, 3.05) is 5.32 Å². The highest BCUT2D eigenvalue weighted by Gasteiger charge is 2.18. The van der Waals surface area contributed by atoms with E-state index in [9.17, 15) is 0 Å². The Morgan fingerprint density at radius 1 is 0.824 bits per heavy atom. The number of rotatable bonds is 3. The summed E-state index contributed by atoms with van der Waals surface area (Å²) < 4.78 is 2.21. The highest BCUT2D eigenvalue weighted by atomic mass is 35.5. The molecule has 1 N–H and O–H groups in total. The maximum absolute atomic E-state index is 6.19. The first kappa shape index (κ1) is 22.5. The van der Waals surface area contributed by atoms with Crippen LogP contribution in [0.3, 0.4) is 0 Å². The van der Waals surface area contributed by atoms with Crippen molar-refractivity contribution in [3.63, 3.8) is 0 Å². The smallest absolute Gasteiger partial charge is 0.0900 e. The molecular weight excluding hydrogens is 463 g/mol. The summed E-state index contributed by atoms with van der Waals surface area (Å²) in [5, 5.41) is 5.76. The maximum Gasteiger partial charge on any atom is 0.0900 e. The van der Waals surface area contributed by atoms with Crippen molar-refractivity contribution in [1.29, 1.82) is 0 Å². The highest BCUT2D eigenvalue weighted by molar-refractivity contribution is 6.30. The minimum absolute atomic E-state index is 0.264. The van der Waals surface area contributed by atoms with Crippen LogP contribution < -0.4 is 10.7 Å². The van der Waals surface area contributed by atoms with Crippen molar-refractivity contribution in [2.24, 2.45) is 4.99 Å². The van der Waals surface area contributed by atoms with Gasteiger partial charge in [0, 0.05) is 21.4 Å². The minimum Gasteiger partial charge on any atom is -0.354 e. The van der Waals surface area contributed by atoms with Crippen LogP contribution in [0.4, 0.5) is 11.4 Å². The summed E-state index contributed by atoms with van der Waals surface area (Å²) in [5.41, 5.74) is 6.30. The summed E-state index contributed by atoms with van der Waals surface area (Å²) in [6.45, 7) is 6.28. The molecule has 2 aliphatic rings. The number of nitrogens with one attached hydrogen (secondary N) is 1. The molecule has 0 saturated carbocycles. The van der Waals surface area contributed by atoms with Crippen LogP contribution in [-0.4, -0.2) is 15.1 Å². The lowest BCUT2D eigenvalue weighted by atomic mass is 10.1. The predicted octanol–water partition coefficient (Wildman–Crippen LogP) is 7.88. The fraction of sp³-hybridized carbons (Fsp3) is 0.143. The van der Waals surface area contributed by atoms with Gasteiger partial charge in [-0.15, -0.1) is 0 Å². The molecule has 0 aromatic heterocycles. The van der Waals surface area contributed by atoms with Crippen molar-refractivity contribution in [3.8, 4) is 17.1 Å². The van der Waals surface area contributed by atoms with E-state index in [1.54, 1.807) is 0 Å². The zero-order valence-corrected chi connectivity index (χ0v) is 20.7. The zero-order chi connectivity index (χ0) is 23.9. The van der Waals surface area contributed by atoms with E-state index in [1.807, 2.05) is 66.7 Å². The number of para-hydroxylation sites is 2. The molecule has 3 aromatic rings. The molecule has 170 valence electrons. The standard InChI is InChI=1S/C28H24Cl2N4/c1-28(2,3)33-24-17-27-25(16-23(24)31-20-12-8-18(29)9-13-20)32-22-6-4-5-7-26(22)34(27)21-14-10-19(30)11-15-21/h4-17,31H,1-3H3. The summed E-state index contributed by atoms with van der Waals surface area (Å²) in [6, 6.07) is 27.8. The van der Waals surface area contributed by atoms with Gasteiger partial charge in [-0.25, -0.2) is 4.98 Å². The van der Waals surface area contributed by atoms with Crippen LogP contribution >= 0.6 is 23.2 Å². The van der Waals surface area contributed by atoms with Crippen molar-refractivity contribution >= 4 is 45.6 Å². The molecule has 4 nitrogen and oxygen atoms in total. The minimum atomic E-state index is -0.264. The van der Waals surface area contributed by atoms with Crippen LogP contribution in [0.15, 0.2) is 89.9 Å². The molecule has 0 spiro atoms. The van der Waals surface area contributed by atoms with Crippen LogP contribution in [0.5, 0.6) is 0 Å². The van der Waals surface area contributed by atoms with Gasteiger partial charge in [0.25, 0.3) is 0 Å². The fourth-order valence-corrected chi connectivity index (χ4v) is 4.20. The molecule has 0 radical (unpaired) electrons. The Hall–Kier alpha value is -3.34. The molecule has 1 heterocycles. The molecule has 0 saturated heterocycles. The van der Waals surface area contributed by atoms with Crippen molar-refractivity contribution in [1.82, 2.24) is 9.55 Å². The van der Waals surface area contributed by atoms with E-state index in [0.717, 1.165) is 44.8 Å². The lowest BCUT2D eigenvalue weighted by molar-refractivity contribution is 0.567. The maximum atomic E-state index is 6.19. The second kappa shape index (κ2) is 8.79. The molecule has 5 rings (SSSR count). The summed E-state index contributed by atoms with van der Waals surface area (Å²) in [7, 11) is 0. The van der Waals surface area contributed by atoms with Gasteiger partial charge in [-0.1, -0.05) is 35.3 Å². The number of halogens is 2. The highest BCUT2D eigenvalue weighted by Crippen LogP contribution is 2.31. The van der Waals surface area contributed by atoms with Gasteiger partial charge < -0.3 is 9.88 Å². The Morgan fingerprint density at radius 2 is 1.47 bits per heavy atom.